The Kier molecular flexibility index (Phi) is 3.83. The van der Waals surface area contributed by atoms with Crippen molar-refractivity contribution < 1.29 is 9.50 Å². The van der Waals surface area contributed by atoms with Crippen LogP contribution in [0.4, 0.5) is 4.39 Å². The monoisotopic (exact) mass is 264 g/mol. The molecule has 1 nitrogen and oxygen atoms in total. The molecule has 0 fully saturated rings. The lowest BCUT2D eigenvalue weighted by Crippen LogP contribution is -2.23. The van der Waals surface area contributed by atoms with Gasteiger partial charge in [-0.3, -0.25) is 0 Å². The van der Waals surface area contributed by atoms with Crippen molar-refractivity contribution in [1.29, 1.82) is 0 Å². The third kappa shape index (κ3) is 2.98. The maximum Gasteiger partial charge on any atom is 0.123 e. The summed E-state index contributed by atoms with van der Waals surface area (Å²) in [5, 5.41) is 10.5. The summed E-state index contributed by atoms with van der Waals surface area (Å²) in [5.41, 5.74) is -0.410. The molecule has 0 aliphatic carbocycles. The molecule has 0 saturated heterocycles. The van der Waals surface area contributed by atoms with Crippen LogP contribution in [0, 0.1) is 5.82 Å². The van der Waals surface area contributed by atoms with Crippen molar-refractivity contribution in [2.45, 2.75) is 32.3 Å². The van der Waals surface area contributed by atoms with Crippen molar-refractivity contribution in [3.05, 3.63) is 57.5 Å². The molecule has 1 aromatic heterocycles. The van der Waals surface area contributed by atoms with Gasteiger partial charge < -0.3 is 5.11 Å². The molecule has 0 bridgehead atoms. The molecular formula is C15H17FOS. The first-order valence-corrected chi connectivity index (χ1v) is 6.89. The van der Waals surface area contributed by atoms with Crippen molar-refractivity contribution in [3.8, 4) is 0 Å². The van der Waals surface area contributed by atoms with Crippen molar-refractivity contribution >= 4 is 11.3 Å². The predicted octanol–water partition coefficient (Wildman–Crippen LogP) is 3.90. The average molecular weight is 264 g/mol. The summed E-state index contributed by atoms with van der Waals surface area (Å²) in [6, 6.07) is 10.3. The summed E-state index contributed by atoms with van der Waals surface area (Å²) in [7, 11) is 0. The Labute approximate surface area is 111 Å². The minimum atomic E-state index is -1.03. The Morgan fingerprint density at radius 3 is 2.56 bits per heavy atom. The number of aliphatic hydroxyl groups is 1. The van der Waals surface area contributed by atoms with Crippen molar-refractivity contribution in [1.82, 2.24) is 0 Å². The van der Waals surface area contributed by atoms with E-state index in [9.17, 15) is 9.50 Å². The summed E-state index contributed by atoms with van der Waals surface area (Å²) in [5.74, 6) is -0.312. The SMILES string of the molecule is CCc1ccc(CC(C)(O)c2cccc(F)c2)s1. The Morgan fingerprint density at radius 1 is 1.22 bits per heavy atom. The Hall–Kier alpha value is -1.19. The normalized spacial score (nSPS) is 14.4. The van der Waals surface area contributed by atoms with Gasteiger partial charge in [0.25, 0.3) is 0 Å². The second kappa shape index (κ2) is 5.21. The van der Waals surface area contributed by atoms with Crippen molar-refractivity contribution in [2.75, 3.05) is 0 Å². The molecule has 1 atom stereocenters. The molecule has 1 N–H and O–H groups in total. The van der Waals surface area contributed by atoms with E-state index in [-0.39, 0.29) is 5.82 Å². The van der Waals surface area contributed by atoms with E-state index in [2.05, 4.69) is 13.0 Å². The van der Waals surface area contributed by atoms with Gasteiger partial charge in [-0.15, -0.1) is 11.3 Å². The summed E-state index contributed by atoms with van der Waals surface area (Å²) in [4.78, 5) is 2.43. The molecule has 0 saturated carbocycles. The zero-order valence-electron chi connectivity index (χ0n) is 10.6. The largest absolute Gasteiger partial charge is 0.385 e. The summed E-state index contributed by atoms with van der Waals surface area (Å²) in [6.07, 6.45) is 1.52. The molecule has 3 heteroatoms. The fraction of sp³-hybridized carbons (Fsp3) is 0.333. The van der Waals surface area contributed by atoms with Crippen LogP contribution in [0.1, 0.15) is 29.2 Å². The van der Waals surface area contributed by atoms with Gasteiger partial charge >= 0.3 is 0 Å². The molecule has 0 aliphatic rings. The molecule has 96 valence electrons. The van der Waals surface area contributed by atoms with Crippen LogP contribution >= 0.6 is 11.3 Å². The second-order valence-electron chi connectivity index (χ2n) is 4.68. The van der Waals surface area contributed by atoms with Crippen LogP contribution in [0.25, 0.3) is 0 Å². The quantitative estimate of drug-likeness (QED) is 0.888. The number of benzene rings is 1. The number of aryl methyl sites for hydroxylation is 1. The molecule has 1 heterocycles. The highest BCUT2D eigenvalue weighted by atomic mass is 32.1. The van der Waals surface area contributed by atoms with Crippen LogP contribution < -0.4 is 0 Å². The van der Waals surface area contributed by atoms with Gasteiger partial charge in [-0.25, -0.2) is 4.39 Å². The lowest BCUT2D eigenvalue weighted by molar-refractivity contribution is 0.0581. The van der Waals surface area contributed by atoms with E-state index < -0.39 is 5.60 Å². The molecule has 2 rings (SSSR count). The predicted molar refractivity (Wildman–Crippen MR) is 73.4 cm³/mol. The van der Waals surface area contributed by atoms with Gasteiger partial charge in [0.05, 0.1) is 5.60 Å². The van der Waals surface area contributed by atoms with E-state index in [4.69, 9.17) is 0 Å². The van der Waals surface area contributed by atoms with Crippen LogP contribution in [-0.4, -0.2) is 5.11 Å². The smallest absolute Gasteiger partial charge is 0.123 e. The van der Waals surface area contributed by atoms with E-state index in [1.807, 2.05) is 6.07 Å². The fourth-order valence-corrected chi connectivity index (χ4v) is 3.08. The van der Waals surface area contributed by atoms with E-state index in [1.54, 1.807) is 30.4 Å². The van der Waals surface area contributed by atoms with Gasteiger partial charge in [-0.05, 0) is 43.2 Å². The van der Waals surface area contributed by atoms with Crippen molar-refractivity contribution in [3.63, 3.8) is 0 Å². The highest BCUT2D eigenvalue weighted by molar-refractivity contribution is 7.12. The van der Waals surface area contributed by atoms with E-state index >= 15 is 0 Å². The third-order valence-corrected chi connectivity index (χ3v) is 4.26. The van der Waals surface area contributed by atoms with Crippen LogP contribution in [0.2, 0.25) is 0 Å². The van der Waals surface area contributed by atoms with Gasteiger partial charge in [-0.2, -0.15) is 0 Å². The number of hydrogen-bond acceptors (Lipinski definition) is 2. The highest BCUT2D eigenvalue weighted by Gasteiger charge is 2.24. The summed E-state index contributed by atoms with van der Waals surface area (Å²) in [6.45, 7) is 3.84. The molecule has 0 aliphatic heterocycles. The van der Waals surface area contributed by atoms with Crippen molar-refractivity contribution in [2.24, 2.45) is 0 Å². The molecule has 2 aromatic rings. The number of hydrogen-bond donors (Lipinski definition) is 1. The van der Waals surface area contributed by atoms with Crippen LogP contribution in [0.15, 0.2) is 36.4 Å². The van der Waals surface area contributed by atoms with Gasteiger partial charge in [0.2, 0.25) is 0 Å². The van der Waals surface area contributed by atoms with Gasteiger partial charge in [-0.1, -0.05) is 19.1 Å². The number of halogens is 1. The average Bonchev–Trinajstić information content (AvgIpc) is 2.76. The maximum atomic E-state index is 13.2. The highest BCUT2D eigenvalue weighted by Crippen LogP contribution is 2.29. The first-order valence-electron chi connectivity index (χ1n) is 6.07. The number of thiophene rings is 1. The molecule has 0 spiro atoms. The minimum Gasteiger partial charge on any atom is -0.385 e. The lowest BCUT2D eigenvalue weighted by atomic mass is 9.92. The minimum absolute atomic E-state index is 0.312. The zero-order chi connectivity index (χ0) is 13.2. The topological polar surface area (TPSA) is 20.2 Å². The third-order valence-electron chi connectivity index (χ3n) is 3.03. The Morgan fingerprint density at radius 2 is 1.94 bits per heavy atom. The van der Waals surface area contributed by atoms with E-state index in [1.165, 1.54) is 17.0 Å². The summed E-state index contributed by atoms with van der Waals surface area (Å²) < 4.78 is 13.2. The molecular weight excluding hydrogens is 247 g/mol. The summed E-state index contributed by atoms with van der Waals surface area (Å²) >= 11 is 1.70. The van der Waals surface area contributed by atoms with E-state index in [0.717, 1.165) is 11.3 Å². The van der Waals surface area contributed by atoms with Gasteiger partial charge in [0, 0.05) is 16.2 Å². The molecule has 1 aromatic carbocycles. The molecule has 0 amide bonds. The van der Waals surface area contributed by atoms with Gasteiger partial charge in [0.15, 0.2) is 0 Å². The molecule has 0 radical (unpaired) electrons. The van der Waals surface area contributed by atoms with Crippen LogP contribution in [0.3, 0.4) is 0 Å². The van der Waals surface area contributed by atoms with Crippen LogP contribution in [0.5, 0.6) is 0 Å². The van der Waals surface area contributed by atoms with Crippen LogP contribution in [-0.2, 0) is 18.4 Å². The zero-order valence-corrected chi connectivity index (χ0v) is 11.4. The standard InChI is InChI=1S/C15H17FOS/c1-3-13-7-8-14(18-13)10-15(2,17)11-5-4-6-12(16)9-11/h4-9,17H,3,10H2,1-2H3. The molecule has 1 unspecified atom stereocenters. The first kappa shape index (κ1) is 13.2. The maximum absolute atomic E-state index is 13.2. The molecule has 18 heavy (non-hydrogen) atoms. The Balaban J connectivity index is 2.20. The fourth-order valence-electron chi connectivity index (χ4n) is 1.97. The van der Waals surface area contributed by atoms with E-state index in [0.29, 0.717) is 12.0 Å². The second-order valence-corrected chi connectivity index (χ2v) is 5.94. The van der Waals surface area contributed by atoms with Gasteiger partial charge in [0.1, 0.15) is 5.82 Å². The number of rotatable bonds is 4. The Bertz CT molecular complexity index is 531. The first-order chi connectivity index (χ1) is 8.51. The lowest BCUT2D eigenvalue weighted by Gasteiger charge is -2.23.